The van der Waals surface area contributed by atoms with Crippen LogP contribution in [0.25, 0.3) is 10.8 Å². The Balaban J connectivity index is 1.60. The van der Waals surface area contributed by atoms with E-state index >= 15 is 0 Å². The van der Waals surface area contributed by atoms with Crippen LogP contribution in [0.1, 0.15) is 17.4 Å². The van der Waals surface area contributed by atoms with Gasteiger partial charge in [-0.15, -0.1) is 0 Å². The molecule has 134 valence electrons. The Bertz CT molecular complexity index is 709. The smallest absolute Gasteiger partial charge is 0.273 e. The van der Waals surface area contributed by atoms with Gasteiger partial charge in [0.2, 0.25) is 0 Å². The van der Waals surface area contributed by atoms with E-state index in [0.717, 1.165) is 23.9 Å². The highest BCUT2D eigenvalue weighted by Crippen LogP contribution is 2.18. The Labute approximate surface area is 148 Å². The normalized spacial score (nSPS) is 17.0. The van der Waals surface area contributed by atoms with Crippen molar-refractivity contribution in [3.8, 4) is 0 Å². The Kier molecular flexibility index (Phi) is 5.96. The molecule has 0 spiro atoms. The van der Waals surface area contributed by atoms with Gasteiger partial charge in [-0.05, 0) is 18.4 Å². The van der Waals surface area contributed by atoms with Gasteiger partial charge in [0, 0.05) is 50.9 Å². The number of carbonyl (C=O) groups is 1. The SMILES string of the molecule is CCOC[C@H](O)CN1CCN(C(=O)c2nccc3ccccc23)CC1. The summed E-state index contributed by atoms with van der Waals surface area (Å²) in [7, 11) is 0. The van der Waals surface area contributed by atoms with E-state index in [2.05, 4.69) is 9.88 Å². The zero-order chi connectivity index (χ0) is 17.6. The van der Waals surface area contributed by atoms with E-state index in [1.54, 1.807) is 6.20 Å². The molecule has 0 saturated carbocycles. The molecule has 1 amide bonds. The number of aromatic nitrogens is 1. The molecule has 2 aromatic rings. The van der Waals surface area contributed by atoms with Crippen LogP contribution in [0.3, 0.4) is 0 Å². The van der Waals surface area contributed by atoms with Gasteiger partial charge >= 0.3 is 0 Å². The molecule has 1 aromatic heterocycles. The third-order valence-electron chi connectivity index (χ3n) is 4.52. The zero-order valence-electron chi connectivity index (χ0n) is 14.6. The molecule has 6 nitrogen and oxygen atoms in total. The van der Waals surface area contributed by atoms with E-state index in [0.29, 0.717) is 38.5 Å². The van der Waals surface area contributed by atoms with Gasteiger partial charge in [-0.2, -0.15) is 0 Å². The fourth-order valence-corrected chi connectivity index (χ4v) is 3.18. The van der Waals surface area contributed by atoms with Gasteiger partial charge in [-0.1, -0.05) is 24.3 Å². The number of piperazine rings is 1. The van der Waals surface area contributed by atoms with E-state index in [1.165, 1.54) is 0 Å². The maximum atomic E-state index is 12.9. The van der Waals surface area contributed by atoms with Crippen LogP contribution in [0.15, 0.2) is 36.5 Å². The average Bonchev–Trinajstić information content (AvgIpc) is 2.66. The first kappa shape index (κ1) is 17.8. The third kappa shape index (κ3) is 4.34. The molecular formula is C19H25N3O3. The minimum Gasteiger partial charge on any atom is -0.389 e. The number of aliphatic hydroxyl groups is 1. The minimum atomic E-state index is -0.484. The van der Waals surface area contributed by atoms with Crippen LogP contribution in [-0.2, 0) is 4.74 Å². The molecule has 0 bridgehead atoms. The number of hydrogen-bond donors (Lipinski definition) is 1. The average molecular weight is 343 g/mol. The maximum Gasteiger partial charge on any atom is 0.273 e. The van der Waals surface area contributed by atoms with Gasteiger partial charge in [0.25, 0.3) is 5.91 Å². The number of aliphatic hydroxyl groups excluding tert-OH is 1. The molecule has 1 saturated heterocycles. The molecule has 0 aliphatic carbocycles. The van der Waals surface area contributed by atoms with E-state index < -0.39 is 6.10 Å². The molecule has 1 atom stereocenters. The van der Waals surface area contributed by atoms with Gasteiger partial charge in [0.15, 0.2) is 0 Å². The number of hydrogen-bond acceptors (Lipinski definition) is 5. The molecule has 1 aliphatic rings. The summed E-state index contributed by atoms with van der Waals surface area (Å²) in [6, 6.07) is 9.74. The summed E-state index contributed by atoms with van der Waals surface area (Å²) in [5, 5.41) is 11.9. The molecule has 2 heterocycles. The third-order valence-corrected chi connectivity index (χ3v) is 4.52. The highest BCUT2D eigenvalue weighted by Gasteiger charge is 2.25. The summed E-state index contributed by atoms with van der Waals surface area (Å²) in [5.74, 6) is -0.0219. The molecule has 1 aliphatic heterocycles. The number of nitrogens with zero attached hydrogens (tertiary/aromatic N) is 3. The number of benzene rings is 1. The van der Waals surface area contributed by atoms with Crippen molar-refractivity contribution in [1.29, 1.82) is 0 Å². The molecule has 25 heavy (non-hydrogen) atoms. The molecule has 0 radical (unpaired) electrons. The van der Waals surface area contributed by atoms with Crippen molar-refractivity contribution in [1.82, 2.24) is 14.8 Å². The van der Waals surface area contributed by atoms with Gasteiger partial charge in [-0.3, -0.25) is 14.7 Å². The number of amides is 1. The zero-order valence-corrected chi connectivity index (χ0v) is 14.6. The Morgan fingerprint density at radius 1 is 1.24 bits per heavy atom. The molecule has 1 aromatic carbocycles. The Morgan fingerprint density at radius 3 is 2.76 bits per heavy atom. The monoisotopic (exact) mass is 343 g/mol. The Hall–Kier alpha value is -2.02. The molecule has 1 N–H and O–H groups in total. The van der Waals surface area contributed by atoms with Crippen LogP contribution in [0.2, 0.25) is 0 Å². The van der Waals surface area contributed by atoms with Crippen molar-refractivity contribution >= 4 is 16.7 Å². The summed E-state index contributed by atoms with van der Waals surface area (Å²) in [6.45, 7) is 6.25. The van der Waals surface area contributed by atoms with E-state index in [4.69, 9.17) is 4.74 Å². The van der Waals surface area contributed by atoms with Gasteiger partial charge in [-0.25, -0.2) is 0 Å². The van der Waals surface area contributed by atoms with Crippen molar-refractivity contribution in [2.24, 2.45) is 0 Å². The number of pyridine rings is 1. The number of β-amino-alcohol motifs (C(OH)–C–C–N with tert-alkyl or cyclic N) is 1. The predicted molar refractivity (Wildman–Crippen MR) is 96.6 cm³/mol. The topological polar surface area (TPSA) is 65.9 Å². The number of ether oxygens (including phenoxy) is 1. The van der Waals surface area contributed by atoms with Crippen molar-refractivity contribution in [2.75, 3.05) is 45.9 Å². The lowest BCUT2D eigenvalue weighted by Gasteiger charge is -2.35. The van der Waals surface area contributed by atoms with Crippen LogP contribution in [0.4, 0.5) is 0 Å². The summed E-state index contributed by atoms with van der Waals surface area (Å²) in [4.78, 5) is 21.2. The predicted octanol–water partition coefficient (Wildman–Crippen LogP) is 1.39. The number of rotatable bonds is 6. The fourth-order valence-electron chi connectivity index (χ4n) is 3.18. The maximum absolute atomic E-state index is 12.9. The molecule has 0 unspecified atom stereocenters. The minimum absolute atomic E-state index is 0.0219. The van der Waals surface area contributed by atoms with Crippen molar-refractivity contribution in [3.63, 3.8) is 0 Å². The van der Waals surface area contributed by atoms with Crippen LogP contribution in [0.5, 0.6) is 0 Å². The van der Waals surface area contributed by atoms with Crippen LogP contribution in [-0.4, -0.2) is 77.8 Å². The Morgan fingerprint density at radius 2 is 2.00 bits per heavy atom. The van der Waals surface area contributed by atoms with Gasteiger partial charge in [0.1, 0.15) is 5.69 Å². The first-order chi connectivity index (χ1) is 12.2. The summed E-state index contributed by atoms with van der Waals surface area (Å²) in [5.41, 5.74) is 0.517. The van der Waals surface area contributed by atoms with E-state index in [9.17, 15) is 9.90 Å². The van der Waals surface area contributed by atoms with Crippen LogP contribution < -0.4 is 0 Å². The molecular weight excluding hydrogens is 318 g/mol. The lowest BCUT2D eigenvalue weighted by atomic mass is 10.1. The summed E-state index contributed by atoms with van der Waals surface area (Å²) < 4.78 is 5.25. The number of fused-ring (bicyclic) bond motifs is 1. The largest absolute Gasteiger partial charge is 0.389 e. The van der Waals surface area contributed by atoms with Crippen molar-refractivity contribution < 1.29 is 14.6 Å². The van der Waals surface area contributed by atoms with Gasteiger partial charge < -0.3 is 14.7 Å². The first-order valence-corrected chi connectivity index (χ1v) is 8.80. The quantitative estimate of drug-likeness (QED) is 0.859. The van der Waals surface area contributed by atoms with Crippen molar-refractivity contribution in [3.05, 3.63) is 42.2 Å². The van der Waals surface area contributed by atoms with Crippen molar-refractivity contribution in [2.45, 2.75) is 13.0 Å². The standard InChI is InChI=1S/C19H25N3O3/c1-2-25-14-16(23)13-21-9-11-22(12-10-21)19(24)18-17-6-4-3-5-15(17)7-8-20-18/h3-8,16,23H,2,9-14H2,1H3/t16-/m1/s1. The highest BCUT2D eigenvalue weighted by molar-refractivity contribution is 6.05. The van der Waals surface area contributed by atoms with Crippen LogP contribution >= 0.6 is 0 Å². The fraction of sp³-hybridized carbons (Fsp3) is 0.474. The molecule has 3 rings (SSSR count). The highest BCUT2D eigenvalue weighted by atomic mass is 16.5. The summed E-state index contributed by atoms with van der Waals surface area (Å²) in [6.07, 6.45) is 1.21. The van der Waals surface area contributed by atoms with Crippen LogP contribution in [0, 0.1) is 0 Å². The van der Waals surface area contributed by atoms with E-state index in [-0.39, 0.29) is 5.91 Å². The first-order valence-electron chi connectivity index (χ1n) is 8.80. The lowest BCUT2D eigenvalue weighted by molar-refractivity contribution is 0.0111. The van der Waals surface area contributed by atoms with Gasteiger partial charge in [0.05, 0.1) is 12.7 Å². The lowest BCUT2D eigenvalue weighted by Crippen LogP contribution is -2.51. The number of carbonyl (C=O) groups excluding carboxylic acids is 1. The van der Waals surface area contributed by atoms with E-state index in [1.807, 2.05) is 42.2 Å². The summed E-state index contributed by atoms with van der Waals surface area (Å²) >= 11 is 0. The molecule has 1 fully saturated rings. The molecule has 6 heteroatoms. The second-order valence-corrected chi connectivity index (χ2v) is 6.29. The second-order valence-electron chi connectivity index (χ2n) is 6.29. The second kappa shape index (κ2) is 8.38.